The average Bonchev–Trinajstić information content (AvgIpc) is 2.47. The first kappa shape index (κ1) is 17.8. The summed E-state index contributed by atoms with van der Waals surface area (Å²) in [5.74, 6) is -1.88. The molecule has 0 bridgehead atoms. The van der Waals surface area contributed by atoms with Gasteiger partial charge in [-0.15, -0.1) is 0 Å². The molecule has 0 radical (unpaired) electrons. The van der Waals surface area contributed by atoms with Crippen LogP contribution < -0.4 is 5.56 Å². The number of sulfonamides is 1. The molecular formula is C14H14FN3O5S. The number of aromatic nitrogens is 2. The van der Waals surface area contributed by atoms with E-state index in [-0.39, 0.29) is 18.9 Å². The van der Waals surface area contributed by atoms with Crippen LogP contribution >= 0.6 is 0 Å². The van der Waals surface area contributed by atoms with Crippen molar-refractivity contribution >= 4 is 16.0 Å². The maximum Gasteiger partial charge on any atom is 0.342 e. The Hall–Kier alpha value is -2.59. The van der Waals surface area contributed by atoms with Gasteiger partial charge >= 0.3 is 5.97 Å². The van der Waals surface area contributed by atoms with Crippen molar-refractivity contribution in [2.45, 2.75) is 13.1 Å². The van der Waals surface area contributed by atoms with E-state index in [4.69, 9.17) is 5.11 Å². The molecule has 8 nitrogen and oxygen atoms in total. The molecule has 1 aromatic carbocycles. The first-order valence-electron chi connectivity index (χ1n) is 6.68. The van der Waals surface area contributed by atoms with Gasteiger partial charge in [0.05, 0.1) is 12.8 Å². The zero-order valence-corrected chi connectivity index (χ0v) is 13.4. The van der Waals surface area contributed by atoms with Crippen LogP contribution in [0.3, 0.4) is 0 Å². The van der Waals surface area contributed by atoms with Crippen molar-refractivity contribution < 1.29 is 22.7 Å². The van der Waals surface area contributed by atoms with Crippen molar-refractivity contribution in [1.29, 1.82) is 0 Å². The molecule has 10 heteroatoms. The van der Waals surface area contributed by atoms with Crippen LogP contribution in [-0.4, -0.2) is 40.0 Å². The Bertz CT molecular complexity index is 909. The van der Waals surface area contributed by atoms with E-state index in [1.807, 2.05) is 0 Å². The lowest BCUT2D eigenvalue weighted by atomic mass is 10.2. The second-order valence-electron chi connectivity index (χ2n) is 5.04. The number of carbonyl (C=O) groups is 1. The molecule has 0 amide bonds. The third-order valence-electron chi connectivity index (χ3n) is 3.15. The minimum absolute atomic E-state index is 0.00228. The number of nitrogens with one attached hydrogen (secondary N) is 1. The van der Waals surface area contributed by atoms with E-state index < -0.39 is 32.9 Å². The zero-order chi connectivity index (χ0) is 17.9. The van der Waals surface area contributed by atoms with Gasteiger partial charge in [0.15, 0.2) is 0 Å². The predicted octanol–water partition coefficient (Wildman–Crippen LogP) is 0.569. The van der Waals surface area contributed by atoms with E-state index in [2.05, 4.69) is 9.97 Å². The highest BCUT2D eigenvalue weighted by Crippen LogP contribution is 2.12. The number of carboxylic acid groups (broad SMARTS) is 1. The van der Waals surface area contributed by atoms with Crippen LogP contribution in [0, 0.1) is 5.82 Å². The lowest BCUT2D eigenvalue weighted by Crippen LogP contribution is -2.31. The molecule has 0 fully saturated rings. The summed E-state index contributed by atoms with van der Waals surface area (Å²) in [5, 5.41) is 8.79. The van der Waals surface area contributed by atoms with Crippen molar-refractivity contribution in [1.82, 2.24) is 14.3 Å². The lowest BCUT2D eigenvalue weighted by Gasteiger charge is -2.19. The van der Waals surface area contributed by atoms with E-state index in [0.717, 1.165) is 16.8 Å². The number of nitrogens with zero attached hydrogens (tertiary/aromatic N) is 2. The largest absolute Gasteiger partial charge is 0.477 e. The summed E-state index contributed by atoms with van der Waals surface area (Å²) in [6, 6.07) is 5.30. The highest BCUT2D eigenvalue weighted by molar-refractivity contribution is 7.88. The van der Waals surface area contributed by atoms with Crippen LogP contribution in [-0.2, 0) is 23.1 Å². The number of hydrogen-bond donors (Lipinski definition) is 2. The maximum absolute atomic E-state index is 12.9. The van der Waals surface area contributed by atoms with Crippen molar-refractivity contribution in [2.75, 3.05) is 6.26 Å². The van der Waals surface area contributed by atoms with E-state index >= 15 is 0 Å². The zero-order valence-electron chi connectivity index (χ0n) is 12.6. The summed E-state index contributed by atoms with van der Waals surface area (Å²) < 4.78 is 37.8. The van der Waals surface area contributed by atoms with Crippen molar-refractivity contribution in [3.05, 3.63) is 63.6 Å². The molecule has 2 N–H and O–H groups in total. The quantitative estimate of drug-likeness (QED) is 0.781. The van der Waals surface area contributed by atoms with Crippen LogP contribution in [0.1, 0.15) is 21.7 Å². The van der Waals surface area contributed by atoms with Crippen LogP contribution in [0.15, 0.2) is 35.3 Å². The smallest absolute Gasteiger partial charge is 0.342 e. The molecule has 0 aliphatic carbocycles. The monoisotopic (exact) mass is 355 g/mol. The number of aromatic amines is 1. The molecule has 1 heterocycles. The average molecular weight is 355 g/mol. The third kappa shape index (κ3) is 4.46. The van der Waals surface area contributed by atoms with Gasteiger partial charge < -0.3 is 10.1 Å². The highest BCUT2D eigenvalue weighted by Gasteiger charge is 2.19. The number of H-pyrrole nitrogens is 1. The van der Waals surface area contributed by atoms with Gasteiger partial charge in [-0.25, -0.2) is 22.6 Å². The molecule has 0 unspecified atom stereocenters. The number of hydrogen-bond acceptors (Lipinski definition) is 5. The Morgan fingerprint density at radius 3 is 2.42 bits per heavy atom. The first-order valence-corrected chi connectivity index (χ1v) is 8.52. The Morgan fingerprint density at radius 2 is 1.92 bits per heavy atom. The molecule has 0 aliphatic heterocycles. The molecule has 0 spiro atoms. The summed E-state index contributed by atoms with van der Waals surface area (Å²) in [5.41, 5.74) is -0.864. The fourth-order valence-electron chi connectivity index (χ4n) is 1.92. The fraction of sp³-hybridized carbons (Fsp3) is 0.214. The van der Waals surface area contributed by atoms with Gasteiger partial charge in [0.1, 0.15) is 17.2 Å². The number of rotatable bonds is 6. The summed E-state index contributed by atoms with van der Waals surface area (Å²) >= 11 is 0. The van der Waals surface area contributed by atoms with Crippen molar-refractivity contribution in [3.8, 4) is 0 Å². The molecule has 0 saturated heterocycles. The molecule has 24 heavy (non-hydrogen) atoms. The van der Waals surface area contributed by atoms with Gasteiger partial charge in [-0.05, 0) is 17.7 Å². The molecule has 2 aromatic rings. The molecule has 1 aromatic heterocycles. The maximum atomic E-state index is 12.9. The van der Waals surface area contributed by atoms with E-state index in [0.29, 0.717) is 5.56 Å². The Kier molecular flexibility index (Phi) is 5.10. The molecule has 128 valence electrons. The summed E-state index contributed by atoms with van der Waals surface area (Å²) in [6.07, 6.45) is 1.86. The second-order valence-corrected chi connectivity index (χ2v) is 7.02. The standard InChI is InChI=1S/C14H14FN3O5S/c1-24(22,23)18(7-9-2-4-10(15)5-3-9)8-12-16-6-11(14(20)21)13(19)17-12/h2-6H,7-8H2,1H3,(H,20,21)(H,16,17,19). The highest BCUT2D eigenvalue weighted by atomic mass is 32.2. The molecule has 2 rings (SSSR count). The topological polar surface area (TPSA) is 120 Å². The van der Waals surface area contributed by atoms with Crippen molar-refractivity contribution in [2.24, 2.45) is 0 Å². The van der Waals surface area contributed by atoms with Gasteiger partial charge in [-0.2, -0.15) is 4.31 Å². The first-order chi connectivity index (χ1) is 11.2. The molecular weight excluding hydrogens is 341 g/mol. The van der Waals surface area contributed by atoms with E-state index in [9.17, 15) is 22.4 Å². The van der Waals surface area contributed by atoms with Gasteiger partial charge in [0.25, 0.3) is 5.56 Å². The summed E-state index contributed by atoms with van der Waals surface area (Å²) in [7, 11) is -3.65. The Morgan fingerprint density at radius 1 is 1.29 bits per heavy atom. The third-order valence-corrected chi connectivity index (χ3v) is 4.35. The summed E-state index contributed by atoms with van der Waals surface area (Å²) in [4.78, 5) is 28.4. The Labute approximate surface area is 136 Å². The normalized spacial score (nSPS) is 11.6. The van der Waals surface area contributed by atoms with Gasteiger partial charge in [-0.3, -0.25) is 4.79 Å². The SMILES string of the molecule is CS(=O)(=O)N(Cc1ccc(F)cc1)Cc1ncc(C(=O)O)c(=O)[nH]1. The van der Waals surface area contributed by atoms with Crippen LogP contribution in [0.2, 0.25) is 0 Å². The number of aromatic carboxylic acids is 1. The minimum atomic E-state index is -3.65. The van der Waals surface area contributed by atoms with Gasteiger partial charge in [-0.1, -0.05) is 12.1 Å². The second kappa shape index (κ2) is 6.89. The summed E-state index contributed by atoms with van der Waals surface area (Å²) in [6.45, 7) is -0.311. The van der Waals surface area contributed by atoms with Crippen molar-refractivity contribution in [3.63, 3.8) is 0 Å². The number of carboxylic acids is 1. The molecule has 0 aliphatic rings. The van der Waals surface area contributed by atoms with Gasteiger partial charge in [0.2, 0.25) is 10.0 Å². The van der Waals surface area contributed by atoms with Crippen LogP contribution in [0.25, 0.3) is 0 Å². The van der Waals surface area contributed by atoms with Crippen LogP contribution in [0.5, 0.6) is 0 Å². The fourth-order valence-corrected chi connectivity index (χ4v) is 2.66. The lowest BCUT2D eigenvalue weighted by molar-refractivity contribution is 0.0694. The Balaban J connectivity index is 2.27. The number of benzene rings is 1. The van der Waals surface area contributed by atoms with E-state index in [1.54, 1.807) is 0 Å². The molecule has 0 saturated carbocycles. The predicted molar refractivity (Wildman–Crippen MR) is 82.3 cm³/mol. The van der Waals surface area contributed by atoms with Crippen LogP contribution in [0.4, 0.5) is 4.39 Å². The van der Waals surface area contributed by atoms with E-state index in [1.165, 1.54) is 24.3 Å². The minimum Gasteiger partial charge on any atom is -0.477 e. The van der Waals surface area contributed by atoms with Gasteiger partial charge in [0, 0.05) is 12.7 Å². The molecule has 0 atom stereocenters. The number of halogens is 1.